The summed E-state index contributed by atoms with van der Waals surface area (Å²) in [6.45, 7) is 3.92. The highest BCUT2D eigenvalue weighted by Crippen LogP contribution is 2.60. The summed E-state index contributed by atoms with van der Waals surface area (Å²) in [5.41, 5.74) is -0.123. The number of halogens is 1. The molecule has 1 rings (SSSR count). The summed E-state index contributed by atoms with van der Waals surface area (Å²) < 4.78 is 23.2. The molecule has 1 N–H and O–H groups in total. The first-order valence-electron chi connectivity index (χ1n) is 5.89. The maximum absolute atomic E-state index is 12.7. The summed E-state index contributed by atoms with van der Waals surface area (Å²) in [7, 11) is -3.44. The minimum Gasteiger partial charge on any atom is -0.411 e. The Morgan fingerprint density at radius 2 is 1.84 bits per heavy atom. The fourth-order valence-electron chi connectivity index (χ4n) is 1.63. The molecule has 5 nitrogen and oxygen atoms in total. The van der Waals surface area contributed by atoms with Gasteiger partial charge in [-0.15, -0.1) is 5.16 Å². The first-order valence-corrected chi connectivity index (χ1v) is 7.88. The third-order valence-corrected chi connectivity index (χ3v) is 4.98. The predicted octanol–water partition coefficient (Wildman–Crippen LogP) is 4.11. The van der Waals surface area contributed by atoms with Crippen LogP contribution in [0.25, 0.3) is 0 Å². The second kappa shape index (κ2) is 7.65. The molecule has 1 aromatic rings. The van der Waals surface area contributed by atoms with E-state index in [1.165, 1.54) is 0 Å². The fourth-order valence-corrected chi connectivity index (χ4v) is 3.63. The predicted molar refractivity (Wildman–Crippen MR) is 75.3 cm³/mol. The monoisotopic (exact) mass is 305 g/mol. The van der Waals surface area contributed by atoms with E-state index in [1.54, 1.807) is 38.1 Å². The van der Waals surface area contributed by atoms with Crippen LogP contribution < -0.4 is 0 Å². The molecule has 0 aliphatic heterocycles. The van der Waals surface area contributed by atoms with Crippen LogP contribution in [0.2, 0.25) is 5.02 Å². The van der Waals surface area contributed by atoms with Gasteiger partial charge >= 0.3 is 7.60 Å². The SMILES string of the molecule is CCOP(=O)(OCC)C(/C=N\O)c1ccc(Cl)cc1. The van der Waals surface area contributed by atoms with E-state index in [-0.39, 0.29) is 13.2 Å². The largest absolute Gasteiger partial charge is 0.411 e. The summed E-state index contributed by atoms with van der Waals surface area (Å²) in [5, 5.41) is 12.3. The van der Waals surface area contributed by atoms with Gasteiger partial charge in [-0.05, 0) is 31.5 Å². The molecule has 0 amide bonds. The van der Waals surface area contributed by atoms with Gasteiger partial charge in [-0.3, -0.25) is 4.57 Å². The van der Waals surface area contributed by atoms with Crippen LogP contribution >= 0.6 is 19.2 Å². The van der Waals surface area contributed by atoms with Gasteiger partial charge in [-0.25, -0.2) is 0 Å². The van der Waals surface area contributed by atoms with Gasteiger partial charge in [0.05, 0.1) is 19.4 Å². The number of nitrogens with zero attached hydrogens (tertiary/aromatic N) is 1. The van der Waals surface area contributed by atoms with Gasteiger partial charge in [0.15, 0.2) is 0 Å². The lowest BCUT2D eigenvalue weighted by Crippen LogP contribution is -2.08. The smallest absolute Gasteiger partial charge is 0.343 e. The molecule has 1 atom stereocenters. The topological polar surface area (TPSA) is 68.1 Å². The van der Waals surface area contributed by atoms with Crippen molar-refractivity contribution in [2.45, 2.75) is 19.5 Å². The van der Waals surface area contributed by atoms with Crippen molar-refractivity contribution < 1.29 is 18.8 Å². The van der Waals surface area contributed by atoms with Crippen molar-refractivity contribution >= 4 is 25.4 Å². The van der Waals surface area contributed by atoms with Crippen LogP contribution in [-0.4, -0.2) is 24.6 Å². The van der Waals surface area contributed by atoms with Crippen LogP contribution in [0, 0.1) is 0 Å². The number of benzene rings is 1. The van der Waals surface area contributed by atoms with E-state index in [1.807, 2.05) is 0 Å². The lowest BCUT2D eigenvalue weighted by atomic mass is 10.2. The van der Waals surface area contributed by atoms with Crippen molar-refractivity contribution in [3.63, 3.8) is 0 Å². The second-order valence-electron chi connectivity index (χ2n) is 3.64. The Morgan fingerprint density at radius 1 is 1.32 bits per heavy atom. The third-order valence-electron chi connectivity index (χ3n) is 2.38. The molecule has 1 aromatic carbocycles. The zero-order valence-corrected chi connectivity index (χ0v) is 12.5. The standard InChI is InChI=1S/C12H17ClNO4P/c1-3-17-19(16,18-4-2)12(9-14-15)10-5-7-11(13)8-6-10/h5-9,12,15H,3-4H2,1-2H3/b14-9-. The van der Waals surface area contributed by atoms with Gasteiger partial charge in [-0.1, -0.05) is 23.7 Å². The highest BCUT2D eigenvalue weighted by molar-refractivity contribution is 7.55. The highest BCUT2D eigenvalue weighted by Gasteiger charge is 2.35. The summed E-state index contributed by atoms with van der Waals surface area (Å²) in [6, 6.07) is 6.72. The van der Waals surface area contributed by atoms with Gasteiger partial charge in [0.2, 0.25) is 0 Å². The van der Waals surface area contributed by atoms with E-state index < -0.39 is 13.3 Å². The molecular formula is C12H17ClNO4P. The van der Waals surface area contributed by atoms with Crippen LogP contribution in [0.5, 0.6) is 0 Å². The van der Waals surface area contributed by atoms with Crippen LogP contribution in [0.1, 0.15) is 25.1 Å². The number of rotatable bonds is 7. The Labute approximate surface area is 117 Å². The maximum Gasteiger partial charge on any atom is 0.343 e. The Kier molecular flexibility index (Phi) is 6.52. The average molecular weight is 306 g/mol. The molecule has 0 bridgehead atoms. The molecule has 0 saturated carbocycles. The molecule has 0 aromatic heterocycles. The Balaban J connectivity index is 3.17. The third kappa shape index (κ3) is 4.32. The molecule has 0 spiro atoms. The van der Waals surface area contributed by atoms with Crippen molar-refractivity contribution in [1.29, 1.82) is 0 Å². The molecule has 0 aliphatic carbocycles. The van der Waals surface area contributed by atoms with Crippen molar-refractivity contribution in [3.8, 4) is 0 Å². The zero-order valence-electron chi connectivity index (χ0n) is 10.8. The van der Waals surface area contributed by atoms with E-state index in [0.29, 0.717) is 10.6 Å². The molecule has 0 aliphatic rings. The minimum atomic E-state index is -3.44. The molecule has 7 heteroatoms. The second-order valence-corrected chi connectivity index (χ2v) is 6.23. The van der Waals surface area contributed by atoms with Crippen molar-refractivity contribution in [2.24, 2.45) is 5.16 Å². The van der Waals surface area contributed by atoms with Gasteiger partial charge in [0.1, 0.15) is 5.66 Å². The van der Waals surface area contributed by atoms with Crippen LogP contribution in [0.3, 0.4) is 0 Å². The maximum atomic E-state index is 12.7. The lowest BCUT2D eigenvalue weighted by molar-refractivity contribution is 0.216. The van der Waals surface area contributed by atoms with E-state index >= 15 is 0 Å². The molecule has 0 heterocycles. The van der Waals surface area contributed by atoms with Crippen molar-refractivity contribution in [1.82, 2.24) is 0 Å². The molecule has 1 unspecified atom stereocenters. The molecule has 19 heavy (non-hydrogen) atoms. The molecular weight excluding hydrogens is 289 g/mol. The first-order chi connectivity index (χ1) is 9.07. The molecule has 0 fully saturated rings. The van der Waals surface area contributed by atoms with E-state index in [2.05, 4.69) is 5.16 Å². The summed E-state index contributed by atoms with van der Waals surface area (Å²) in [4.78, 5) is 0. The van der Waals surface area contributed by atoms with Crippen LogP contribution in [0.4, 0.5) is 0 Å². The Hall–Kier alpha value is -0.870. The number of hydrogen-bond acceptors (Lipinski definition) is 5. The van der Waals surface area contributed by atoms with Gasteiger partial charge in [-0.2, -0.15) is 0 Å². The van der Waals surface area contributed by atoms with Crippen molar-refractivity contribution in [2.75, 3.05) is 13.2 Å². The molecule has 0 radical (unpaired) electrons. The number of hydrogen-bond donors (Lipinski definition) is 1. The van der Waals surface area contributed by atoms with E-state index in [0.717, 1.165) is 6.21 Å². The van der Waals surface area contributed by atoms with Gasteiger partial charge < -0.3 is 14.3 Å². The van der Waals surface area contributed by atoms with Gasteiger partial charge in [0, 0.05) is 5.02 Å². The van der Waals surface area contributed by atoms with Crippen molar-refractivity contribution in [3.05, 3.63) is 34.9 Å². The zero-order chi connectivity index (χ0) is 14.3. The average Bonchev–Trinajstić information content (AvgIpc) is 2.38. The summed E-state index contributed by atoms with van der Waals surface area (Å²) in [5.74, 6) is 0. The molecule has 106 valence electrons. The van der Waals surface area contributed by atoms with Crippen LogP contribution in [-0.2, 0) is 13.6 Å². The highest BCUT2D eigenvalue weighted by atomic mass is 35.5. The summed E-state index contributed by atoms with van der Waals surface area (Å²) >= 11 is 5.82. The summed E-state index contributed by atoms with van der Waals surface area (Å²) in [6.07, 6.45) is 1.15. The normalized spacial score (nSPS) is 13.8. The van der Waals surface area contributed by atoms with E-state index in [9.17, 15) is 4.57 Å². The van der Waals surface area contributed by atoms with E-state index in [4.69, 9.17) is 25.9 Å². The van der Waals surface area contributed by atoms with Crippen LogP contribution in [0.15, 0.2) is 29.4 Å². The Bertz CT molecular complexity index is 453. The van der Waals surface area contributed by atoms with Gasteiger partial charge in [0.25, 0.3) is 0 Å². The quantitative estimate of drug-likeness (QED) is 0.356. The Morgan fingerprint density at radius 3 is 2.26 bits per heavy atom. The number of oxime groups is 1. The molecule has 0 saturated heterocycles. The minimum absolute atomic E-state index is 0.237. The lowest BCUT2D eigenvalue weighted by Gasteiger charge is -2.23. The first kappa shape index (κ1) is 16.2. The fraction of sp³-hybridized carbons (Fsp3) is 0.417.